The van der Waals surface area contributed by atoms with Crippen molar-refractivity contribution < 1.29 is 14.3 Å². The number of carbonyl (C=O) groups is 1. The van der Waals surface area contributed by atoms with Crippen LogP contribution in [-0.4, -0.2) is 51.9 Å². The van der Waals surface area contributed by atoms with Gasteiger partial charge in [-0.2, -0.15) is 0 Å². The standard InChI is InChI=1S/C19H18Cl2N4O3S/c1-27-15-5-11-3-4-24(8-12(11)6-16(15)28-2)17(26)10-29-19-23-22-18-14(21)7-13(20)9-25(18)19/h5-7,9H,3-4,8,10H2,1-2H3. The molecule has 0 radical (unpaired) electrons. The molecule has 10 heteroatoms. The van der Waals surface area contributed by atoms with Crippen LogP contribution in [0.15, 0.2) is 29.6 Å². The molecule has 0 bridgehead atoms. The maximum Gasteiger partial charge on any atom is 0.233 e. The van der Waals surface area contributed by atoms with E-state index in [0.717, 1.165) is 12.0 Å². The Bertz CT molecular complexity index is 1090. The number of benzene rings is 1. The van der Waals surface area contributed by atoms with Gasteiger partial charge in [-0.15, -0.1) is 10.2 Å². The number of pyridine rings is 1. The van der Waals surface area contributed by atoms with Crippen molar-refractivity contribution in [2.75, 3.05) is 26.5 Å². The molecule has 29 heavy (non-hydrogen) atoms. The predicted octanol–water partition coefficient (Wildman–Crippen LogP) is 3.73. The number of fused-ring (bicyclic) bond motifs is 2. The fraction of sp³-hybridized carbons (Fsp3) is 0.316. The van der Waals surface area contributed by atoms with Gasteiger partial charge in [0.1, 0.15) is 0 Å². The van der Waals surface area contributed by atoms with Gasteiger partial charge in [-0.25, -0.2) is 0 Å². The fourth-order valence-electron chi connectivity index (χ4n) is 3.31. The smallest absolute Gasteiger partial charge is 0.233 e. The number of halogens is 2. The minimum absolute atomic E-state index is 0.0281. The Labute approximate surface area is 181 Å². The van der Waals surface area contributed by atoms with Gasteiger partial charge < -0.3 is 14.4 Å². The van der Waals surface area contributed by atoms with Gasteiger partial charge in [0.05, 0.1) is 30.0 Å². The summed E-state index contributed by atoms with van der Waals surface area (Å²) < 4.78 is 12.4. The van der Waals surface area contributed by atoms with Gasteiger partial charge in [0.15, 0.2) is 22.3 Å². The molecule has 152 valence electrons. The van der Waals surface area contributed by atoms with Crippen LogP contribution in [0.4, 0.5) is 0 Å². The number of aromatic nitrogens is 3. The van der Waals surface area contributed by atoms with Crippen LogP contribution in [0, 0.1) is 0 Å². The van der Waals surface area contributed by atoms with E-state index in [1.54, 1.807) is 30.9 Å². The monoisotopic (exact) mass is 452 g/mol. The predicted molar refractivity (Wildman–Crippen MR) is 112 cm³/mol. The summed E-state index contributed by atoms with van der Waals surface area (Å²) in [5.74, 6) is 1.64. The first-order chi connectivity index (χ1) is 14.0. The van der Waals surface area contributed by atoms with Gasteiger partial charge in [0.25, 0.3) is 0 Å². The third kappa shape index (κ3) is 3.97. The Hall–Kier alpha value is -2.16. The van der Waals surface area contributed by atoms with Crippen molar-refractivity contribution >= 4 is 46.5 Å². The maximum atomic E-state index is 12.8. The van der Waals surface area contributed by atoms with Gasteiger partial charge in [-0.1, -0.05) is 35.0 Å². The van der Waals surface area contributed by atoms with Gasteiger partial charge in [0.2, 0.25) is 5.91 Å². The SMILES string of the molecule is COc1cc2c(cc1OC)CN(C(=O)CSc1nnc3c(Cl)cc(Cl)cn13)CC2. The van der Waals surface area contributed by atoms with Gasteiger partial charge in [-0.3, -0.25) is 9.20 Å². The number of rotatable bonds is 5. The highest BCUT2D eigenvalue weighted by atomic mass is 35.5. The molecule has 4 rings (SSSR count). The van der Waals surface area contributed by atoms with Crippen LogP contribution in [0.25, 0.3) is 5.65 Å². The van der Waals surface area contributed by atoms with E-state index >= 15 is 0 Å². The first kappa shape index (κ1) is 20.1. The van der Waals surface area contributed by atoms with Crippen molar-refractivity contribution in [2.24, 2.45) is 0 Å². The molecule has 0 fully saturated rings. The number of carbonyl (C=O) groups excluding carboxylic acids is 1. The van der Waals surface area contributed by atoms with E-state index in [1.165, 1.54) is 17.3 Å². The molecule has 0 spiro atoms. The Morgan fingerprint density at radius 1 is 1.14 bits per heavy atom. The Morgan fingerprint density at radius 3 is 2.59 bits per heavy atom. The Balaban J connectivity index is 1.47. The molecule has 0 atom stereocenters. The summed E-state index contributed by atoms with van der Waals surface area (Å²) in [4.78, 5) is 14.6. The highest BCUT2D eigenvalue weighted by molar-refractivity contribution is 7.99. The molecule has 2 aromatic heterocycles. The summed E-state index contributed by atoms with van der Waals surface area (Å²) in [5.41, 5.74) is 2.75. The fourth-order valence-corrected chi connectivity index (χ4v) is 4.64. The zero-order chi connectivity index (χ0) is 20.5. The first-order valence-corrected chi connectivity index (χ1v) is 10.6. The number of amides is 1. The lowest BCUT2D eigenvalue weighted by Gasteiger charge is -2.29. The summed E-state index contributed by atoms with van der Waals surface area (Å²) in [6.45, 7) is 1.19. The van der Waals surface area contributed by atoms with Crippen LogP contribution < -0.4 is 9.47 Å². The Kier molecular flexibility index (Phi) is 5.76. The second-order valence-electron chi connectivity index (χ2n) is 6.51. The van der Waals surface area contributed by atoms with E-state index in [4.69, 9.17) is 32.7 Å². The van der Waals surface area contributed by atoms with Crippen molar-refractivity contribution in [1.29, 1.82) is 0 Å². The molecule has 1 aliphatic rings. The minimum atomic E-state index is 0.0281. The molecule has 1 aromatic carbocycles. The molecule has 3 aromatic rings. The van der Waals surface area contributed by atoms with E-state index in [1.807, 2.05) is 17.0 Å². The number of thioether (sulfide) groups is 1. The first-order valence-electron chi connectivity index (χ1n) is 8.84. The molecule has 0 saturated heterocycles. The second kappa shape index (κ2) is 8.30. The van der Waals surface area contributed by atoms with Crippen molar-refractivity contribution in [2.45, 2.75) is 18.1 Å². The van der Waals surface area contributed by atoms with Crippen LogP contribution in [0.5, 0.6) is 11.5 Å². The molecule has 0 N–H and O–H groups in total. The largest absolute Gasteiger partial charge is 0.493 e. The molecular formula is C19H18Cl2N4O3S. The molecular weight excluding hydrogens is 435 g/mol. The molecule has 0 unspecified atom stereocenters. The highest BCUT2D eigenvalue weighted by Crippen LogP contribution is 2.33. The maximum absolute atomic E-state index is 12.8. The zero-order valence-corrected chi connectivity index (χ0v) is 18.1. The number of hydrogen-bond acceptors (Lipinski definition) is 6. The third-order valence-corrected chi connectivity index (χ3v) is 6.20. The number of methoxy groups -OCH3 is 2. The minimum Gasteiger partial charge on any atom is -0.493 e. The quantitative estimate of drug-likeness (QED) is 0.549. The summed E-state index contributed by atoms with van der Waals surface area (Å²) in [6.07, 6.45) is 2.46. The second-order valence-corrected chi connectivity index (χ2v) is 8.30. The van der Waals surface area contributed by atoms with Gasteiger partial charge >= 0.3 is 0 Å². The topological polar surface area (TPSA) is 69.0 Å². The van der Waals surface area contributed by atoms with E-state index in [9.17, 15) is 4.79 Å². The van der Waals surface area contributed by atoms with Gasteiger partial charge in [-0.05, 0) is 35.7 Å². The molecule has 0 saturated carbocycles. The average molecular weight is 453 g/mol. The number of hydrogen-bond donors (Lipinski definition) is 0. The molecule has 0 aliphatic carbocycles. The van der Waals surface area contributed by atoms with E-state index in [-0.39, 0.29) is 11.7 Å². The van der Waals surface area contributed by atoms with E-state index in [0.29, 0.717) is 45.4 Å². The van der Waals surface area contributed by atoms with Crippen molar-refractivity contribution in [3.05, 3.63) is 45.6 Å². The molecule has 7 nitrogen and oxygen atoms in total. The lowest BCUT2D eigenvalue weighted by molar-refractivity contribution is -0.129. The third-order valence-electron chi connectivity index (χ3n) is 4.79. The zero-order valence-electron chi connectivity index (χ0n) is 15.8. The van der Waals surface area contributed by atoms with Crippen molar-refractivity contribution in [3.8, 4) is 11.5 Å². The summed E-state index contributed by atoms with van der Waals surface area (Å²) in [6, 6.07) is 5.54. The lowest BCUT2D eigenvalue weighted by atomic mass is 9.99. The number of ether oxygens (including phenoxy) is 2. The number of nitrogens with zero attached hydrogens (tertiary/aromatic N) is 4. The average Bonchev–Trinajstić information content (AvgIpc) is 3.13. The van der Waals surface area contributed by atoms with E-state index < -0.39 is 0 Å². The lowest BCUT2D eigenvalue weighted by Crippen LogP contribution is -2.37. The summed E-state index contributed by atoms with van der Waals surface area (Å²) in [7, 11) is 3.22. The Morgan fingerprint density at radius 2 is 1.86 bits per heavy atom. The van der Waals surface area contributed by atoms with Crippen LogP contribution in [-0.2, 0) is 17.8 Å². The van der Waals surface area contributed by atoms with Crippen molar-refractivity contribution in [1.82, 2.24) is 19.5 Å². The summed E-state index contributed by atoms with van der Waals surface area (Å²) >= 11 is 13.5. The van der Waals surface area contributed by atoms with Crippen molar-refractivity contribution in [3.63, 3.8) is 0 Å². The van der Waals surface area contributed by atoms with Crippen LogP contribution in [0.3, 0.4) is 0 Å². The van der Waals surface area contributed by atoms with E-state index in [2.05, 4.69) is 10.2 Å². The normalized spacial score (nSPS) is 13.4. The highest BCUT2D eigenvalue weighted by Gasteiger charge is 2.23. The van der Waals surface area contributed by atoms with Crippen LogP contribution in [0.1, 0.15) is 11.1 Å². The molecule has 1 amide bonds. The van der Waals surface area contributed by atoms with Crippen LogP contribution in [0.2, 0.25) is 10.0 Å². The van der Waals surface area contributed by atoms with Crippen LogP contribution >= 0.6 is 35.0 Å². The summed E-state index contributed by atoms with van der Waals surface area (Å²) in [5, 5.41) is 9.66. The van der Waals surface area contributed by atoms with Gasteiger partial charge in [0, 0.05) is 19.3 Å². The molecule has 1 aliphatic heterocycles. The molecule has 3 heterocycles.